The van der Waals surface area contributed by atoms with Crippen LogP contribution in [0.15, 0.2) is 33.3 Å². The van der Waals surface area contributed by atoms with E-state index in [1.807, 2.05) is 52.8 Å². The van der Waals surface area contributed by atoms with Crippen LogP contribution in [0.25, 0.3) is 11.6 Å². The van der Waals surface area contributed by atoms with Crippen LogP contribution in [0.4, 0.5) is 0 Å². The normalized spacial score (nSPS) is 19.5. The second kappa shape index (κ2) is 11.8. The first-order valence-corrected chi connectivity index (χ1v) is 14.1. The number of hydrogen-bond donors (Lipinski definition) is 3. The zero-order valence-electron chi connectivity index (χ0n) is 25.0. The van der Waals surface area contributed by atoms with Crippen molar-refractivity contribution in [2.75, 3.05) is 7.05 Å². The molecule has 0 radical (unpaired) electrons. The van der Waals surface area contributed by atoms with Gasteiger partial charge in [0.2, 0.25) is 23.6 Å². The Kier molecular flexibility index (Phi) is 8.57. The Morgan fingerprint density at radius 2 is 1.98 bits per heavy atom. The molecule has 3 heterocycles. The molecule has 5 rings (SSSR count). The summed E-state index contributed by atoms with van der Waals surface area (Å²) in [5.74, 6) is 0.350. The van der Waals surface area contributed by atoms with Gasteiger partial charge < -0.3 is 25.2 Å². The number of aryl methyl sites for hydroxylation is 2. The van der Waals surface area contributed by atoms with E-state index in [0.29, 0.717) is 43.8 Å². The summed E-state index contributed by atoms with van der Waals surface area (Å²) in [5.41, 5.74) is 6.58. The number of oxazole rings is 2. The van der Waals surface area contributed by atoms with Gasteiger partial charge in [0.25, 0.3) is 5.91 Å². The predicted molar refractivity (Wildman–Crippen MR) is 154 cm³/mol. The van der Waals surface area contributed by atoms with Crippen molar-refractivity contribution in [3.63, 3.8) is 0 Å². The van der Waals surface area contributed by atoms with E-state index in [2.05, 4.69) is 21.7 Å². The monoisotopic (exact) mass is 574 g/mol. The number of nitrogens with two attached hydrogens (primary N) is 1. The number of rotatable bonds is 4. The molecule has 0 saturated heterocycles. The maximum atomic E-state index is 12.9. The van der Waals surface area contributed by atoms with E-state index in [4.69, 9.17) is 19.6 Å². The summed E-state index contributed by atoms with van der Waals surface area (Å²) in [6.45, 7) is 9.88. The highest BCUT2D eigenvalue weighted by Gasteiger charge is 2.48. The summed E-state index contributed by atoms with van der Waals surface area (Å²) >= 11 is 0. The first-order chi connectivity index (χ1) is 19.8. The summed E-state index contributed by atoms with van der Waals surface area (Å²) in [6.07, 6.45) is 3.84. The fourth-order valence-electron chi connectivity index (χ4n) is 5.31. The van der Waals surface area contributed by atoms with Gasteiger partial charge in [-0.1, -0.05) is 52.8 Å². The third kappa shape index (κ3) is 6.08. The van der Waals surface area contributed by atoms with E-state index < -0.39 is 22.8 Å². The largest absolute Gasteiger partial charge is 0.442 e. The minimum atomic E-state index is -1.10. The zero-order chi connectivity index (χ0) is 30.8. The van der Waals surface area contributed by atoms with Gasteiger partial charge in [0.05, 0.1) is 6.07 Å². The molecule has 42 heavy (non-hydrogen) atoms. The average Bonchev–Trinajstić information content (AvgIpc) is 3.65. The Balaban J connectivity index is 0.000000517. The van der Waals surface area contributed by atoms with Gasteiger partial charge in [-0.3, -0.25) is 14.4 Å². The lowest BCUT2D eigenvalue weighted by Crippen LogP contribution is -2.37. The molecule has 3 aromatic rings. The first kappa shape index (κ1) is 30.5. The molecule has 0 spiro atoms. The molecule has 11 nitrogen and oxygen atoms in total. The molecule has 2 aliphatic rings. The first-order valence-electron chi connectivity index (χ1n) is 14.1. The van der Waals surface area contributed by atoms with Gasteiger partial charge in [-0.05, 0) is 47.3 Å². The summed E-state index contributed by atoms with van der Waals surface area (Å²) in [6, 6.07) is 8.01. The van der Waals surface area contributed by atoms with Crippen LogP contribution in [-0.2, 0) is 27.8 Å². The highest BCUT2D eigenvalue weighted by molar-refractivity contribution is 5.92. The van der Waals surface area contributed by atoms with Crippen molar-refractivity contribution in [2.24, 2.45) is 17.1 Å². The van der Waals surface area contributed by atoms with Crippen LogP contribution >= 0.6 is 0 Å². The van der Waals surface area contributed by atoms with Gasteiger partial charge in [0.15, 0.2) is 17.1 Å². The van der Waals surface area contributed by atoms with Gasteiger partial charge in [0.1, 0.15) is 17.7 Å². The molecule has 0 saturated carbocycles. The molecular formula is C31H38N6O5. The molecular weight excluding hydrogens is 536 g/mol. The van der Waals surface area contributed by atoms with E-state index in [9.17, 15) is 19.6 Å². The Labute approximate surface area is 245 Å². The lowest BCUT2D eigenvalue weighted by atomic mass is 9.79. The second-order valence-electron chi connectivity index (χ2n) is 12.3. The van der Waals surface area contributed by atoms with Gasteiger partial charge in [-0.2, -0.15) is 5.26 Å². The van der Waals surface area contributed by atoms with Crippen LogP contribution in [0.1, 0.15) is 98.8 Å². The van der Waals surface area contributed by atoms with Gasteiger partial charge in [0, 0.05) is 19.9 Å². The number of nitrogens with one attached hydrogen (secondary N) is 2. The number of nitriles is 1. The van der Waals surface area contributed by atoms with Crippen LogP contribution in [0, 0.1) is 22.7 Å². The minimum absolute atomic E-state index is 0.0849. The van der Waals surface area contributed by atoms with E-state index in [0.717, 1.165) is 16.7 Å². The molecule has 1 aliphatic carbocycles. The Morgan fingerprint density at radius 3 is 2.57 bits per heavy atom. The summed E-state index contributed by atoms with van der Waals surface area (Å²) in [7, 11) is 1.51. The van der Waals surface area contributed by atoms with Crippen LogP contribution < -0.4 is 16.4 Å². The Morgan fingerprint density at radius 1 is 1.24 bits per heavy atom. The Bertz CT molecular complexity index is 1540. The number of amides is 3. The van der Waals surface area contributed by atoms with E-state index in [1.54, 1.807) is 0 Å². The fraction of sp³-hybridized carbons (Fsp3) is 0.484. The molecule has 3 amide bonds. The van der Waals surface area contributed by atoms with Crippen molar-refractivity contribution in [2.45, 2.75) is 78.2 Å². The lowest BCUT2D eigenvalue weighted by molar-refractivity contribution is -0.123. The Hall–Kier alpha value is -4.46. The molecule has 2 unspecified atom stereocenters. The SMILES string of the molecule is CC(C)CC(N)=O.CNC(=O)c1coc(-c2nc3oc2C2(C#N)CCc4ccc(cc42)CCC(=O)NC3C(C)(C)C)n1. The molecule has 4 bridgehead atoms. The summed E-state index contributed by atoms with van der Waals surface area (Å²) < 4.78 is 12.1. The number of carbonyl (C=O) groups is 3. The number of benzene rings is 1. The van der Waals surface area contributed by atoms with Crippen molar-refractivity contribution >= 4 is 17.7 Å². The average molecular weight is 575 g/mol. The fourth-order valence-corrected chi connectivity index (χ4v) is 5.31. The quantitative estimate of drug-likeness (QED) is 0.417. The van der Waals surface area contributed by atoms with Crippen LogP contribution in [-0.4, -0.2) is 34.7 Å². The van der Waals surface area contributed by atoms with Gasteiger partial charge in [-0.25, -0.2) is 9.97 Å². The third-order valence-electron chi connectivity index (χ3n) is 7.46. The lowest BCUT2D eigenvalue weighted by Gasteiger charge is -2.29. The number of nitrogens with zero attached hydrogens (tertiary/aromatic N) is 3. The van der Waals surface area contributed by atoms with Crippen LogP contribution in [0.2, 0.25) is 0 Å². The van der Waals surface area contributed by atoms with Gasteiger partial charge >= 0.3 is 0 Å². The van der Waals surface area contributed by atoms with Crippen molar-refractivity contribution in [1.29, 1.82) is 5.26 Å². The molecule has 222 valence electrons. The standard InChI is InChI=1S/C26H27N5O4.C5H11NO/c1-25(2,3)20-24-31-19(23-29-17(12-34-23)22(33)28-4)21(35-24)26(13-27)10-9-15-7-5-14(11-16(15)26)6-8-18(32)30-20;1-4(2)3-5(6)7/h5,7,11-12,20H,6,8-10H2,1-4H3,(H,28,33)(H,30,32);4H,3H2,1-2H3,(H2,6,7). The number of primary amides is 1. The maximum Gasteiger partial charge on any atom is 0.272 e. The summed E-state index contributed by atoms with van der Waals surface area (Å²) in [4.78, 5) is 44.1. The minimum Gasteiger partial charge on any atom is -0.442 e. The highest BCUT2D eigenvalue weighted by atomic mass is 16.4. The molecule has 1 aliphatic heterocycles. The van der Waals surface area contributed by atoms with Crippen molar-refractivity contribution in [3.8, 4) is 17.7 Å². The highest BCUT2D eigenvalue weighted by Crippen LogP contribution is 2.49. The number of carbonyl (C=O) groups excluding carboxylic acids is 3. The predicted octanol–water partition coefficient (Wildman–Crippen LogP) is 4.11. The smallest absolute Gasteiger partial charge is 0.272 e. The van der Waals surface area contributed by atoms with Gasteiger partial charge in [-0.15, -0.1) is 0 Å². The van der Waals surface area contributed by atoms with Crippen LogP contribution in [0.3, 0.4) is 0 Å². The van der Waals surface area contributed by atoms with Crippen molar-refractivity contribution < 1.29 is 23.2 Å². The van der Waals surface area contributed by atoms with Crippen LogP contribution in [0.5, 0.6) is 0 Å². The van der Waals surface area contributed by atoms with E-state index >= 15 is 0 Å². The van der Waals surface area contributed by atoms with E-state index in [1.165, 1.54) is 13.3 Å². The molecule has 11 heteroatoms. The topological polar surface area (TPSA) is 177 Å². The molecule has 4 N–H and O–H groups in total. The molecule has 1 aromatic carbocycles. The second-order valence-corrected chi connectivity index (χ2v) is 12.3. The number of fused-ring (bicyclic) bond motifs is 4. The third-order valence-corrected chi connectivity index (χ3v) is 7.46. The van der Waals surface area contributed by atoms with Crippen molar-refractivity contribution in [1.82, 2.24) is 20.6 Å². The molecule has 2 atom stereocenters. The zero-order valence-corrected chi connectivity index (χ0v) is 25.0. The molecule has 2 aromatic heterocycles. The van der Waals surface area contributed by atoms with E-state index in [-0.39, 0.29) is 35.0 Å². The maximum absolute atomic E-state index is 12.9. The summed E-state index contributed by atoms with van der Waals surface area (Å²) in [5, 5.41) is 16.2. The van der Waals surface area contributed by atoms with Crippen molar-refractivity contribution in [3.05, 3.63) is 58.5 Å². The number of aromatic nitrogens is 2. The number of hydrogen-bond acceptors (Lipinski definition) is 8. The molecule has 0 fully saturated rings.